The number of nitrogens with zero attached hydrogens (tertiary/aromatic N) is 2. The summed E-state index contributed by atoms with van der Waals surface area (Å²) in [5.74, 6) is 0.0771. The Morgan fingerprint density at radius 2 is 1.86 bits per heavy atom. The molecule has 5 atom stereocenters. The van der Waals surface area contributed by atoms with Crippen molar-refractivity contribution in [2.45, 2.75) is 63.0 Å². The van der Waals surface area contributed by atoms with Crippen molar-refractivity contribution >= 4 is 64.8 Å². The van der Waals surface area contributed by atoms with Crippen LogP contribution < -0.4 is 35.0 Å². The summed E-state index contributed by atoms with van der Waals surface area (Å²) < 4.78 is 69.3. The van der Waals surface area contributed by atoms with Crippen LogP contribution in [0, 0.1) is 17.0 Å². The van der Waals surface area contributed by atoms with Gasteiger partial charge in [-0.05, 0) is 56.5 Å². The van der Waals surface area contributed by atoms with Crippen LogP contribution in [0.1, 0.15) is 49.8 Å². The second-order valence-electron chi connectivity index (χ2n) is 13.2. The smallest absolute Gasteiger partial charge is 0.475 e. The lowest BCUT2D eigenvalue weighted by molar-refractivity contribution is -0.386. The molecule has 21 nitrogen and oxygen atoms in total. The molecular weight excluding hydrogens is 828 g/mol. The molecule has 0 aliphatic carbocycles. The lowest BCUT2D eigenvalue weighted by Crippen LogP contribution is -2.36. The summed E-state index contributed by atoms with van der Waals surface area (Å²) in [5.41, 5.74) is 0.818. The molecule has 2 aromatic rings. The highest BCUT2D eigenvalue weighted by molar-refractivity contribution is 8.00. The van der Waals surface area contributed by atoms with E-state index in [1.807, 2.05) is 11.8 Å². The Bertz CT molecular complexity index is 1960. The molecule has 2 aliphatic rings. The number of aryl methyl sites for hydroxylation is 1. The normalized spacial score (nSPS) is 18.9. The predicted octanol–water partition coefficient (Wildman–Crippen LogP) is 3.95. The van der Waals surface area contributed by atoms with Gasteiger partial charge in [0.25, 0.3) is 5.69 Å². The van der Waals surface area contributed by atoms with Gasteiger partial charge in [0.2, 0.25) is 16.8 Å². The number of carbonyl (C=O) groups is 3. The number of carbonyl (C=O) groups excluding carboxylic acids is 3. The van der Waals surface area contributed by atoms with E-state index >= 15 is 0 Å². The number of thioether (sulfide) groups is 1. The summed E-state index contributed by atoms with van der Waals surface area (Å²) in [4.78, 5) is 60.9. The number of likely N-dealkylation sites (N-methyl/N-ethyl adjacent to an activating group) is 1. The number of esters is 1. The molecule has 24 heteroatoms. The topological polar surface area (TPSA) is 273 Å². The minimum atomic E-state index is -5.18. The van der Waals surface area contributed by atoms with E-state index in [0.29, 0.717) is 37.2 Å². The molecule has 5 unspecified atom stereocenters. The van der Waals surface area contributed by atoms with Crippen molar-refractivity contribution in [2.75, 3.05) is 69.5 Å². The van der Waals surface area contributed by atoms with Crippen LogP contribution in [0.3, 0.4) is 0 Å². The van der Waals surface area contributed by atoms with Crippen molar-refractivity contribution in [1.29, 1.82) is 0 Å². The fourth-order valence-electron chi connectivity index (χ4n) is 6.28. The highest BCUT2D eigenvalue weighted by atomic mass is 32.2. The fraction of sp³-hybridized carbons (Fsp3) is 0.559. The number of fused-ring (bicyclic) bond motifs is 1. The third-order valence-electron chi connectivity index (χ3n) is 9.14. The number of urea groups is 1. The van der Waals surface area contributed by atoms with Crippen LogP contribution in [-0.4, -0.2) is 113 Å². The molecule has 322 valence electrons. The number of amides is 3. The zero-order chi connectivity index (χ0) is 42.6. The number of nitro groups is 1. The third-order valence-corrected chi connectivity index (χ3v) is 12.3. The largest absolute Gasteiger partial charge is 0.493 e. The van der Waals surface area contributed by atoms with E-state index in [1.165, 1.54) is 14.2 Å². The first-order chi connectivity index (χ1) is 27.4. The average molecular weight is 877 g/mol. The average Bonchev–Trinajstić information content (AvgIpc) is 3.72. The Morgan fingerprint density at radius 1 is 1.14 bits per heavy atom. The molecule has 2 aromatic carbocycles. The highest BCUT2D eigenvalue weighted by Crippen LogP contribution is 2.50. The van der Waals surface area contributed by atoms with Crippen molar-refractivity contribution in [3.63, 3.8) is 0 Å². The van der Waals surface area contributed by atoms with Crippen molar-refractivity contribution < 1.29 is 65.2 Å². The summed E-state index contributed by atoms with van der Waals surface area (Å²) in [6.45, 7) is 2.94. The van der Waals surface area contributed by atoms with Crippen LogP contribution in [0.15, 0.2) is 30.3 Å². The zero-order valence-corrected chi connectivity index (χ0v) is 35.1. The summed E-state index contributed by atoms with van der Waals surface area (Å²) >= 11 is 1.74. The summed E-state index contributed by atoms with van der Waals surface area (Å²) in [5, 5.41) is 20.6. The van der Waals surface area contributed by atoms with Crippen LogP contribution >= 0.6 is 19.6 Å². The van der Waals surface area contributed by atoms with Crippen LogP contribution in [-0.2, 0) is 37.9 Å². The van der Waals surface area contributed by atoms with Gasteiger partial charge in [0.15, 0.2) is 11.5 Å². The number of rotatable bonds is 23. The first kappa shape index (κ1) is 46.3. The molecule has 2 aliphatic heterocycles. The first-order valence-corrected chi connectivity index (χ1v) is 22.5. The Morgan fingerprint density at radius 3 is 2.52 bits per heavy atom. The molecule has 0 bridgehead atoms. The van der Waals surface area contributed by atoms with Gasteiger partial charge in [-0.3, -0.25) is 24.7 Å². The number of methoxy groups -OCH3 is 2. The van der Waals surface area contributed by atoms with E-state index in [-0.39, 0.29) is 53.4 Å². The Balaban J connectivity index is 1.35. The number of anilines is 2. The van der Waals surface area contributed by atoms with Gasteiger partial charge < -0.3 is 39.4 Å². The zero-order valence-electron chi connectivity index (χ0n) is 32.6. The number of ether oxygens (including phenoxy) is 4. The van der Waals surface area contributed by atoms with Gasteiger partial charge in [-0.2, -0.15) is 11.8 Å². The predicted molar refractivity (Wildman–Crippen MR) is 213 cm³/mol. The van der Waals surface area contributed by atoms with Crippen molar-refractivity contribution in [2.24, 2.45) is 0 Å². The molecule has 0 radical (unpaired) electrons. The number of phosphoric acid groups is 1. The van der Waals surface area contributed by atoms with Gasteiger partial charge in [0.1, 0.15) is 12.7 Å². The molecule has 0 aromatic heterocycles. The van der Waals surface area contributed by atoms with E-state index in [9.17, 15) is 42.4 Å². The number of benzene rings is 2. The highest BCUT2D eigenvalue weighted by Gasteiger charge is 2.42. The minimum Gasteiger partial charge on any atom is -0.493 e. The third kappa shape index (κ3) is 13.6. The summed E-state index contributed by atoms with van der Waals surface area (Å²) in [7, 11) is -6.01. The maximum Gasteiger partial charge on any atom is 0.475 e. The maximum atomic E-state index is 13.1. The van der Waals surface area contributed by atoms with Gasteiger partial charge in [0.05, 0.1) is 49.1 Å². The number of phosphoric ester groups is 1. The van der Waals surface area contributed by atoms with Crippen LogP contribution in [0.5, 0.6) is 11.5 Å². The lowest BCUT2D eigenvalue weighted by atomic mass is 10.0. The monoisotopic (exact) mass is 876 g/mol. The lowest BCUT2D eigenvalue weighted by Gasteiger charge is -2.24. The maximum absolute atomic E-state index is 13.1. The first-order valence-electron chi connectivity index (χ1n) is 18.1. The van der Waals surface area contributed by atoms with Gasteiger partial charge in [0, 0.05) is 48.4 Å². The van der Waals surface area contributed by atoms with Gasteiger partial charge in [-0.25, -0.2) is 31.8 Å². The minimum absolute atomic E-state index is 0.00655. The molecule has 4 rings (SSSR count). The Hall–Kier alpha value is -4.38. The number of unbranched alkanes of at least 4 members (excludes halogenated alkanes) is 1. The second-order valence-corrected chi connectivity index (χ2v) is 17.7. The SMILES string of the molecule is CCN(CCNS(C)(=O)=O)c1ccc(NC(=O)OCOP(=O)(O)OC(COC(=O)CCCCC2SCC3NC(=O)NC32)c2cc(OC)c(OC)cc2[N+](=O)[O-])c(C)c1. The standard InChI is InChI=1S/C34H49N6O15PS2/c1-6-39(14-13-35-58(5,48)49)22-11-12-24(21(2)15-22)37-34(43)53-20-54-56(46,47)55-29(23-16-27(50-3)28(51-4)17-26(23)40(44)45)18-52-31(41)10-8-7-9-30-32-25(19-57-30)36-33(42)38-32/h11-12,15-17,25,29-30,32,35H,6-10,13-14,18-20H2,1-5H3,(H,37,43)(H,46,47)(H2,36,38,42). The molecular formula is C34H49N6O15PS2. The molecule has 2 fully saturated rings. The second kappa shape index (κ2) is 21.0. The van der Waals surface area contributed by atoms with E-state index in [1.54, 1.807) is 36.9 Å². The molecule has 5 N–H and O–H groups in total. The van der Waals surface area contributed by atoms with Gasteiger partial charge in [-0.1, -0.05) is 6.42 Å². The van der Waals surface area contributed by atoms with Crippen molar-refractivity contribution in [3.05, 3.63) is 51.6 Å². The van der Waals surface area contributed by atoms with Gasteiger partial charge >= 0.3 is 25.9 Å². The summed E-state index contributed by atoms with van der Waals surface area (Å²) in [6, 6.07) is 7.12. The number of hydrogen-bond acceptors (Lipinski definition) is 16. The molecule has 3 amide bonds. The molecule has 2 saturated heterocycles. The van der Waals surface area contributed by atoms with Crippen LogP contribution in [0.4, 0.5) is 26.7 Å². The number of hydrogen-bond donors (Lipinski definition) is 5. The van der Waals surface area contributed by atoms with Crippen molar-refractivity contribution in [1.82, 2.24) is 15.4 Å². The van der Waals surface area contributed by atoms with Crippen molar-refractivity contribution in [3.8, 4) is 11.5 Å². The fourth-order valence-corrected chi connectivity index (χ4v) is 9.03. The summed E-state index contributed by atoms with van der Waals surface area (Å²) in [6.07, 6.45) is 0.0619. The molecule has 0 saturated carbocycles. The number of nitro benzene ring substituents is 1. The Kier molecular flexibility index (Phi) is 16.8. The van der Waals surface area contributed by atoms with Crippen LogP contribution in [0.2, 0.25) is 0 Å². The number of nitrogens with one attached hydrogen (secondary N) is 4. The van der Waals surface area contributed by atoms with E-state index in [2.05, 4.69) is 20.7 Å². The number of sulfonamides is 1. The molecule has 58 heavy (non-hydrogen) atoms. The Labute approximate surface area is 340 Å². The van der Waals surface area contributed by atoms with Crippen LogP contribution in [0.25, 0.3) is 0 Å². The molecule has 2 heterocycles. The van der Waals surface area contributed by atoms with E-state index in [4.69, 9.17) is 28.0 Å². The quantitative estimate of drug-likeness (QED) is 0.0201. The van der Waals surface area contributed by atoms with E-state index < -0.39 is 60.0 Å². The van der Waals surface area contributed by atoms with Gasteiger partial charge in [-0.15, -0.1) is 0 Å². The molecule has 0 spiro atoms. The van der Waals surface area contributed by atoms with E-state index in [0.717, 1.165) is 36.2 Å².